The molecule has 4 rings (SSSR count). The molecule has 8 nitrogen and oxygen atoms in total. The van der Waals surface area contributed by atoms with Crippen LogP contribution in [-0.2, 0) is 0 Å². The normalized spacial score (nSPS) is 15.8. The number of nitrogens with one attached hydrogen (secondary N) is 3. The lowest BCUT2D eigenvalue weighted by Gasteiger charge is -2.28. The van der Waals surface area contributed by atoms with Gasteiger partial charge in [0.25, 0.3) is 0 Å². The van der Waals surface area contributed by atoms with Crippen molar-refractivity contribution in [2.24, 2.45) is 0 Å². The summed E-state index contributed by atoms with van der Waals surface area (Å²) in [5.41, 5.74) is 1.75. The summed E-state index contributed by atoms with van der Waals surface area (Å²) >= 11 is 13.3. The molecule has 11 heteroatoms. The van der Waals surface area contributed by atoms with Crippen molar-refractivity contribution in [1.82, 2.24) is 24.9 Å². The molecule has 0 radical (unpaired) electrons. The highest BCUT2D eigenvalue weighted by Gasteiger charge is 2.23. The van der Waals surface area contributed by atoms with E-state index >= 15 is 0 Å². The summed E-state index contributed by atoms with van der Waals surface area (Å²) in [7, 11) is 1.79. The van der Waals surface area contributed by atoms with E-state index < -0.39 is 0 Å². The summed E-state index contributed by atoms with van der Waals surface area (Å²) in [6, 6.07) is 4.39. The topological polar surface area (TPSA) is 88.4 Å². The number of ether oxygens (including phenoxy) is 1. The Bertz CT molecular complexity index is 1030. The number of hydrogen-bond donors (Lipinski definition) is 3. The van der Waals surface area contributed by atoms with Crippen molar-refractivity contribution in [3.63, 3.8) is 0 Å². The standard InChI is InChI=1S/C18H20Br2ClN7O/c1-22-18-27-17(26-16-13(21)9-25-28(16)18)24-5-2-4-23-14-3-6-29-15-11(14)7-10(19)8-12(15)20/h7-9,14,23H,2-6H2,1H3,(H2,22,24,26,27)/t14-/m1/s1. The minimum Gasteiger partial charge on any atom is -0.492 e. The molecule has 154 valence electrons. The van der Waals surface area contributed by atoms with Crippen LogP contribution in [-0.4, -0.2) is 46.3 Å². The Morgan fingerprint density at radius 1 is 1.28 bits per heavy atom. The fraction of sp³-hybridized carbons (Fsp3) is 0.389. The summed E-state index contributed by atoms with van der Waals surface area (Å²) in [6.07, 6.45) is 3.41. The number of nitrogens with zero attached hydrogens (tertiary/aromatic N) is 4. The number of rotatable bonds is 7. The van der Waals surface area contributed by atoms with Crippen LogP contribution in [0.15, 0.2) is 27.3 Å². The predicted molar refractivity (Wildman–Crippen MR) is 121 cm³/mol. The summed E-state index contributed by atoms with van der Waals surface area (Å²) in [6.45, 7) is 2.29. The summed E-state index contributed by atoms with van der Waals surface area (Å²) in [4.78, 5) is 8.87. The Morgan fingerprint density at radius 3 is 2.97 bits per heavy atom. The summed E-state index contributed by atoms with van der Waals surface area (Å²) < 4.78 is 9.41. The third-order valence-corrected chi connectivity index (χ3v) is 5.95. The Balaban J connectivity index is 1.33. The van der Waals surface area contributed by atoms with Crippen molar-refractivity contribution in [2.45, 2.75) is 18.9 Å². The van der Waals surface area contributed by atoms with Gasteiger partial charge in [0.1, 0.15) is 10.8 Å². The third-order valence-electron chi connectivity index (χ3n) is 4.64. The Morgan fingerprint density at radius 2 is 2.14 bits per heavy atom. The molecule has 3 aromatic rings. The number of halogens is 3. The van der Waals surface area contributed by atoms with Crippen molar-refractivity contribution < 1.29 is 4.74 Å². The maximum Gasteiger partial charge on any atom is 0.228 e. The molecule has 0 fully saturated rings. The second-order valence-electron chi connectivity index (χ2n) is 6.58. The largest absolute Gasteiger partial charge is 0.492 e. The van der Waals surface area contributed by atoms with Gasteiger partial charge in [-0.3, -0.25) is 0 Å². The molecule has 0 saturated heterocycles. The zero-order chi connectivity index (χ0) is 20.4. The first kappa shape index (κ1) is 20.6. The van der Waals surface area contributed by atoms with Crippen LogP contribution in [0.4, 0.5) is 11.9 Å². The molecule has 1 aromatic carbocycles. The van der Waals surface area contributed by atoms with Gasteiger partial charge in [-0.1, -0.05) is 27.5 Å². The first-order valence-electron chi connectivity index (χ1n) is 9.25. The van der Waals surface area contributed by atoms with Gasteiger partial charge in [0, 0.05) is 36.1 Å². The fourth-order valence-corrected chi connectivity index (χ4v) is 4.83. The third kappa shape index (κ3) is 4.45. The lowest BCUT2D eigenvalue weighted by Crippen LogP contribution is -2.29. The van der Waals surface area contributed by atoms with E-state index in [1.54, 1.807) is 17.8 Å². The maximum atomic E-state index is 6.15. The molecule has 3 heterocycles. The Kier molecular flexibility index (Phi) is 6.43. The predicted octanol–water partition coefficient (Wildman–Crippen LogP) is 4.26. The average Bonchev–Trinajstić information content (AvgIpc) is 3.08. The van der Waals surface area contributed by atoms with Crippen LogP contribution >= 0.6 is 43.5 Å². The minimum atomic E-state index is 0.265. The van der Waals surface area contributed by atoms with Crippen LogP contribution in [0.1, 0.15) is 24.4 Å². The molecule has 2 aromatic heterocycles. The van der Waals surface area contributed by atoms with Crippen LogP contribution in [0.2, 0.25) is 5.02 Å². The molecule has 1 aliphatic rings. The highest BCUT2D eigenvalue weighted by molar-refractivity contribution is 9.11. The molecule has 0 saturated carbocycles. The number of fused-ring (bicyclic) bond motifs is 2. The first-order chi connectivity index (χ1) is 14.1. The SMILES string of the molecule is CNc1nc(NCCCN[C@@H]2CCOc3c(Br)cc(Br)cc32)nc2c(Cl)cnn12. The number of benzene rings is 1. The van der Waals surface area contributed by atoms with Crippen molar-refractivity contribution in [3.8, 4) is 5.75 Å². The average molecular weight is 546 g/mol. The molecule has 0 bridgehead atoms. The molecule has 29 heavy (non-hydrogen) atoms. The van der Waals surface area contributed by atoms with Gasteiger partial charge in [-0.05, 0) is 41.0 Å². The van der Waals surface area contributed by atoms with Gasteiger partial charge in [0.05, 0.1) is 17.3 Å². The molecule has 1 atom stereocenters. The van der Waals surface area contributed by atoms with E-state index in [1.165, 1.54) is 5.56 Å². The highest BCUT2D eigenvalue weighted by atomic mass is 79.9. The van der Waals surface area contributed by atoms with Crippen molar-refractivity contribution in [1.29, 1.82) is 0 Å². The van der Waals surface area contributed by atoms with Gasteiger partial charge in [0.15, 0.2) is 5.65 Å². The van der Waals surface area contributed by atoms with E-state index in [2.05, 4.69) is 68.9 Å². The molecule has 0 aliphatic carbocycles. The van der Waals surface area contributed by atoms with Gasteiger partial charge in [0.2, 0.25) is 11.9 Å². The zero-order valence-corrected chi connectivity index (χ0v) is 19.6. The van der Waals surface area contributed by atoms with Crippen LogP contribution in [0.25, 0.3) is 5.65 Å². The van der Waals surface area contributed by atoms with Crippen LogP contribution in [0, 0.1) is 0 Å². The molecule has 3 N–H and O–H groups in total. The molecule has 0 amide bonds. The Hall–Kier alpha value is -1.62. The van der Waals surface area contributed by atoms with Crippen molar-refractivity contribution in [2.75, 3.05) is 37.4 Å². The van der Waals surface area contributed by atoms with E-state index in [0.717, 1.165) is 40.6 Å². The summed E-state index contributed by atoms with van der Waals surface area (Å²) in [5, 5.41) is 14.5. The smallest absolute Gasteiger partial charge is 0.228 e. The van der Waals surface area contributed by atoms with Gasteiger partial charge in [-0.2, -0.15) is 19.6 Å². The van der Waals surface area contributed by atoms with Gasteiger partial charge in [-0.25, -0.2) is 0 Å². The molecule has 0 spiro atoms. The van der Waals surface area contributed by atoms with E-state index in [1.807, 2.05) is 6.07 Å². The Labute approximate surface area is 190 Å². The molecular weight excluding hydrogens is 526 g/mol. The van der Waals surface area contributed by atoms with Crippen LogP contribution < -0.4 is 20.7 Å². The van der Waals surface area contributed by atoms with Crippen molar-refractivity contribution >= 4 is 61.0 Å². The zero-order valence-electron chi connectivity index (χ0n) is 15.7. The minimum absolute atomic E-state index is 0.265. The van der Waals surface area contributed by atoms with E-state index in [9.17, 15) is 0 Å². The molecule has 0 unspecified atom stereocenters. The second-order valence-corrected chi connectivity index (χ2v) is 8.76. The van der Waals surface area contributed by atoms with Gasteiger partial charge < -0.3 is 20.7 Å². The second kappa shape index (κ2) is 9.03. The lowest BCUT2D eigenvalue weighted by atomic mass is 10.0. The van der Waals surface area contributed by atoms with Crippen molar-refractivity contribution in [3.05, 3.63) is 37.9 Å². The number of aromatic nitrogens is 4. The lowest BCUT2D eigenvalue weighted by molar-refractivity contribution is 0.251. The van der Waals surface area contributed by atoms with E-state index in [0.29, 0.717) is 29.2 Å². The maximum absolute atomic E-state index is 6.15. The van der Waals surface area contributed by atoms with E-state index in [4.69, 9.17) is 16.3 Å². The van der Waals surface area contributed by atoms with Gasteiger partial charge >= 0.3 is 0 Å². The molecular formula is C18H20Br2ClN7O. The monoisotopic (exact) mass is 543 g/mol. The van der Waals surface area contributed by atoms with Crippen LogP contribution in [0.5, 0.6) is 5.75 Å². The van der Waals surface area contributed by atoms with Crippen LogP contribution in [0.3, 0.4) is 0 Å². The number of anilines is 2. The quantitative estimate of drug-likeness (QED) is 0.383. The highest BCUT2D eigenvalue weighted by Crippen LogP contribution is 2.40. The fourth-order valence-electron chi connectivity index (χ4n) is 3.29. The molecule has 1 aliphatic heterocycles. The number of hydrogen-bond acceptors (Lipinski definition) is 7. The van der Waals surface area contributed by atoms with E-state index in [-0.39, 0.29) is 6.04 Å². The summed E-state index contributed by atoms with van der Waals surface area (Å²) in [5.74, 6) is 2.03. The van der Waals surface area contributed by atoms with Gasteiger partial charge in [-0.15, -0.1) is 0 Å². The first-order valence-corrected chi connectivity index (χ1v) is 11.2.